The van der Waals surface area contributed by atoms with Gasteiger partial charge in [-0.15, -0.1) is 0 Å². The van der Waals surface area contributed by atoms with E-state index in [-0.39, 0.29) is 0 Å². The molecule has 2 fully saturated rings. The van der Waals surface area contributed by atoms with Gasteiger partial charge in [0.15, 0.2) is 0 Å². The lowest BCUT2D eigenvalue weighted by atomic mass is 9.85. The Morgan fingerprint density at radius 2 is 2.36 bits per heavy atom. The minimum atomic E-state index is 0.357. The van der Waals surface area contributed by atoms with Crippen LogP contribution in [-0.2, 0) is 4.74 Å². The van der Waals surface area contributed by atoms with Gasteiger partial charge in [0.25, 0.3) is 0 Å². The number of rotatable bonds is 3. The van der Waals surface area contributed by atoms with Crippen LogP contribution in [0.15, 0.2) is 0 Å². The van der Waals surface area contributed by atoms with E-state index < -0.39 is 0 Å². The second-order valence-corrected chi connectivity index (χ2v) is 3.87. The molecule has 0 aromatic rings. The van der Waals surface area contributed by atoms with Gasteiger partial charge in [0.2, 0.25) is 0 Å². The molecule has 0 aromatic heterocycles. The monoisotopic (exact) mass is 153 g/mol. The zero-order valence-electron chi connectivity index (χ0n) is 7.14. The van der Waals surface area contributed by atoms with Crippen molar-refractivity contribution in [1.82, 2.24) is 0 Å². The van der Waals surface area contributed by atoms with Crippen LogP contribution >= 0.6 is 0 Å². The standard InChI is InChI=1S/C10H17O/c1-2-3-7-10-8-5-4-6-9(10)11-10/h9H,1-8H2. The van der Waals surface area contributed by atoms with Gasteiger partial charge in [-0.05, 0) is 19.3 Å². The van der Waals surface area contributed by atoms with Crippen LogP contribution in [0.3, 0.4) is 0 Å². The molecule has 11 heavy (non-hydrogen) atoms. The van der Waals surface area contributed by atoms with Gasteiger partial charge in [-0.25, -0.2) is 0 Å². The van der Waals surface area contributed by atoms with Gasteiger partial charge in [0.1, 0.15) is 0 Å². The van der Waals surface area contributed by atoms with Crippen molar-refractivity contribution in [2.75, 3.05) is 0 Å². The normalized spacial score (nSPS) is 41.7. The summed E-state index contributed by atoms with van der Waals surface area (Å²) >= 11 is 0. The first kappa shape index (κ1) is 7.60. The van der Waals surface area contributed by atoms with Crippen LogP contribution in [-0.4, -0.2) is 11.7 Å². The van der Waals surface area contributed by atoms with Gasteiger partial charge >= 0.3 is 0 Å². The van der Waals surface area contributed by atoms with Crippen molar-refractivity contribution < 1.29 is 4.74 Å². The summed E-state index contributed by atoms with van der Waals surface area (Å²) in [4.78, 5) is 0. The third kappa shape index (κ3) is 1.31. The third-order valence-electron chi connectivity index (χ3n) is 3.07. The maximum absolute atomic E-state index is 5.74. The van der Waals surface area contributed by atoms with E-state index in [4.69, 9.17) is 4.74 Å². The van der Waals surface area contributed by atoms with E-state index in [1.165, 1.54) is 38.5 Å². The molecule has 2 rings (SSSR count). The highest BCUT2D eigenvalue weighted by Gasteiger charge is 2.55. The molecular weight excluding hydrogens is 136 g/mol. The molecule has 0 bridgehead atoms. The lowest BCUT2D eigenvalue weighted by Gasteiger charge is -2.15. The fraction of sp³-hybridized carbons (Fsp3) is 0.900. The summed E-state index contributed by atoms with van der Waals surface area (Å²) in [6.45, 7) is 3.86. The lowest BCUT2D eigenvalue weighted by Crippen LogP contribution is -2.18. The molecular formula is C10H17O. The summed E-state index contributed by atoms with van der Waals surface area (Å²) in [7, 11) is 0. The molecule has 1 heteroatoms. The first-order valence-electron chi connectivity index (χ1n) is 4.84. The largest absolute Gasteiger partial charge is 0.366 e. The Labute approximate surface area is 69.1 Å². The maximum Gasteiger partial charge on any atom is 0.0948 e. The zero-order valence-corrected chi connectivity index (χ0v) is 7.14. The predicted octanol–water partition coefficient (Wildman–Crippen LogP) is 2.70. The molecule has 2 atom stereocenters. The lowest BCUT2D eigenvalue weighted by molar-refractivity contribution is 0.267. The van der Waals surface area contributed by atoms with E-state index in [2.05, 4.69) is 6.92 Å². The SMILES string of the molecule is [CH2]CCCC12CCCCC1O2. The minimum Gasteiger partial charge on any atom is -0.366 e. The van der Waals surface area contributed by atoms with Crippen LogP contribution in [0.2, 0.25) is 0 Å². The van der Waals surface area contributed by atoms with Gasteiger partial charge < -0.3 is 4.74 Å². The molecule has 63 valence electrons. The fourth-order valence-electron chi connectivity index (χ4n) is 2.31. The third-order valence-corrected chi connectivity index (χ3v) is 3.07. The zero-order chi connectivity index (χ0) is 7.73. The molecule has 0 aromatic carbocycles. The van der Waals surface area contributed by atoms with Gasteiger partial charge in [-0.3, -0.25) is 0 Å². The maximum atomic E-state index is 5.74. The molecule has 0 amide bonds. The average molecular weight is 153 g/mol. The van der Waals surface area contributed by atoms with Crippen molar-refractivity contribution in [2.24, 2.45) is 0 Å². The molecule has 2 aliphatic rings. The van der Waals surface area contributed by atoms with Crippen LogP contribution in [0.1, 0.15) is 44.9 Å². The van der Waals surface area contributed by atoms with Gasteiger partial charge in [0.05, 0.1) is 11.7 Å². The van der Waals surface area contributed by atoms with Crippen molar-refractivity contribution in [3.63, 3.8) is 0 Å². The highest BCUT2D eigenvalue weighted by Crippen LogP contribution is 2.50. The van der Waals surface area contributed by atoms with Crippen LogP contribution in [0, 0.1) is 6.92 Å². The molecule has 1 saturated heterocycles. The van der Waals surface area contributed by atoms with Crippen molar-refractivity contribution >= 4 is 0 Å². The minimum absolute atomic E-state index is 0.357. The smallest absolute Gasteiger partial charge is 0.0948 e. The number of hydrogen-bond acceptors (Lipinski definition) is 1. The Hall–Kier alpha value is -0.0400. The molecule has 2 unspecified atom stereocenters. The van der Waals surface area contributed by atoms with E-state index >= 15 is 0 Å². The molecule has 1 heterocycles. The molecule has 1 saturated carbocycles. The summed E-state index contributed by atoms with van der Waals surface area (Å²) < 4.78 is 5.74. The van der Waals surface area contributed by atoms with E-state index in [9.17, 15) is 0 Å². The topological polar surface area (TPSA) is 12.5 Å². The molecule has 0 spiro atoms. The fourth-order valence-corrected chi connectivity index (χ4v) is 2.31. The summed E-state index contributed by atoms with van der Waals surface area (Å²) in [6, 6.07) is 0. The van der Waals surface area contributed by atoms with Crippen LogP contribution in [0.25, 0.3) is 0 Å². The number of epoxide rings is 1. The molecule has 1 aliphatic heterocycles. The Kier molecular flexibility index (Phi) is 1.92. The molecule has 1 nitrogen and oxygen atoms in total. The van der Waals surface area contributed by atoms with Crippen molar-refractivity contribution in [2.45, 2.75) is 56.7 Å². The van der Waals surface area contributed by atoms with Gasteiger partial charge in [0, 0.05) is 0 Å². The van der Waals surface area contributed by atoms with Gasteiger partial charge in [-0.2, -0.15) is 0 Å². The summed E-state index contributed by atoms with van der Waals surface area (Å²) in [5.74, 6) is 0. The molecule has 0 N–H and O–H groups in total. The van der Waals surface area contributed by atoms with Crippen molar-refractivity contribution in [1.29, 1.82) is 0 Å². The quantitative estimate of drug-likeness (QED) is 0.568. The van der Waals surface area contributed by atoms with Crippen LogP contribution in [0.4, 0.5) is 0 Å². The van der Waals surface area contributed by atoms with Crippen molar-refractivity contribution in [3.05, 3.63) is 6.92 Å². The number of fused-ring (bicyclic) bond motifs is 1. The number of ether oxygens (including phenoxy) is 1. The number of hydrogen-bond donors (Lipinski definition) is 0. The second kappa shape index (κ2) is 2.78. The predicted molar refractivity (Wildman–Crippen MR) is 45.3 cm³/mol. The number of unbranched alkanes of at least 4 members (excludes halogenated alkanes) is 1. The van der Waals surface area contributed by atoms with E-state index in [0.29, 0.717) is 11.7 Å². The Morgan fingerprint density at radius 1 is 1.45 bits per heavy atom. The first-order valence-corrected chi connectivity index (χ1v) is 4.84. The Morgan fingerprint density at radius 3 is 3.09 bits per heavy atom. The molecule has 1 aliphatic carbocycles. The highest BCUT2D eigenvalue weighted by atomic mass is 16.6. The highest BCUT2D eigenvalue weighted by molar-refractivity contribution is 5.04. The Balaban J connectivity index is 1.82. The van der Waals surface area contributed by atoms with E-state index in [1.807, 2.05) is 0 Å². The van der Waals surface area contributed by atoms with Gasteiger partial charge in [-0.1, -0.05) is 32.6 Å². The summed E-state index contributed by atoms with van der Waals surface area (Å²) in [5, 5.41) is 0. The second-order valence-electron chi connectivity index (χ2n) is 3.87. The van der Waals surface area contributed by atoms with Crippen molar-refractivity contribution in [3.8, 4) is 0 Å². The summed E-state index contributed by atoms with van der Waals surface area (Å²) in [5.41, 5.74) is 0.357. The Bertz CT molecular complexity index is 144. The van der Waals surface area contributed by atoms with Crippen LogP contribution < -0.4 is 0 Å². The van der Waals surface area contributed by atoms with E-state index in [0.717, 1.165) is 6.42 Å². The first-order chi connectivity index (χ1) is 5.37. The molecule has 1 radical (unpaired) electrons. The summed E-state index contributed by atoms with van der Waals surface area (Å²) in [6.07, 6.45) is 9.62. The average Bonchev–Trinajstić information content (AvgIpc) is 2.75. The van der Waals surface area contributed by atoms with Crippen LogP contribution in [0.5, 0.6) is 0 Å². The van der Waals surface area contributed by atoms with E-state index in [1.54, 1.807) is 0 Å².